The zero-order chi connectivity index (χ0) is 16.2. The average molecular weight is 315 g/mol. The molecule has 0 aliphatic heterocycles. The number of nitrogens with one attached hydrogen (secondary N) is 1. The maximum absolute atomic E-state index is 12.7. The predicted molar refractivity (Wildman–Crippen MR) is 82.0 cm³/mol. The minimum absolute atomic E-state index is 0.0682. The van der Waals surface area contributed by atoms with Gasteiger partial charge in [-0.05, 0) is 26.3 Å². The Labute approximate surface area is 125 Å². The second-order valence-electron chi connectivity index (χ2n) is 4.75. The van der Waals surface area contributed by atoms with Gasteiger partial charge < -0.3 is 5.32 Å². The van der Waals surface area contributed by atoms with Gasteiger partial charge in [-0.15, -0.1) is 0 Å². The highest BCUT2D eigenvalue weighted by Gasteiger charge is 2.28. The van der Waals surface area contributed by atoms with Crippen molar-refractivity contribution in [1.29, 1.82) is 0 Å². The topological polar surface area (TPSA) is 92.5 Å². The molecule has 0 aromatic heterocycles. The highest BCUT2D eigenvalue weighted by atomic mass is 32.2. The lowest BCUT2D eigenvalue weighted by Crippen LogP contribution is -2.35. The average Bonchev–Trinajstić information content (AvgIpc) is 2.45. The minimum Gasteiger partial charge on any atom is -0.384 e. The van der Waals surface area contributed by atoms with Crippen molar-refractivity contribution in [3.63, 3.8) is 0 Å². The van der Waals surface area contributed by atoms with Gasteiger partial charge in [0.25, 0.3) is 5.69 Å². The first-order chi connectivity index (χ1) is 9.75. The van der Waals surface area contributed by atoms with E-state index in [-0.39, 0.29) is 16.6 Å². The summed E-state index contributed by atoms with van der Waals surface area (Å²) in [4.78, 5) is 10.2. The van der Waals surface area contributed by atoms with Crippen LogP contribution in [0.2, 0.25) is 0 Å². The first kappa shape index (κ1) is 17.4. The van der Waals surface area contributed by atoms with Crippen LogP contribution in [0.1, 0.15) is 27.2 Å². The molecular formula is C13H21N3O4S. The highest BCUT2D eigenvalue weighted by Crippen LogP contribution is 2.29. The quantitative estimate of drug-likeness (QED) is 0.616. The van der Waals surface area contributed by atoms with Crippen LogP contribution in [0.15, 0.2) is 23.1 Å². The van der Waals surface area contributed by atoms with Gasteiger partial charge in [-0.1, -0.05) is 6.92 Å². The van der Waals surface area contributed by atoms with Crippen molar-refractivity contribution in [2.45, 2.75) is 38.1 Å². The molecule has 0 aliphatic carbocycles. The van der Waals surface area contributed by atoms with E-state index in [9.17, 15) is 18.5 Å². The van der Waals surface area contributed by atoms with Crippen LogP contribution in [-0.4, -0.2) is 37.3 Å². The molecule has 1 rings (SSSR count). The first-order valence-electron chi connectivity index (χ1n) is 6.76. The number of nitro benzene ring substituents is 1. The number of non-ortho nitro benzene ring substituents is 1. The molecule has 118 valence electrons. The van der Waals surface area contributed by atoms with Gasteiger partial charge in [0.15, 0.2) is 0 Å². The minimum atomic E-state index is -3.79. The molecule has 0 bridgehead atoms. The van der Waals surface area contributed by atoms with Gasteiger partial charge >= 0.3 is 0 Å². The molecule has 0 spiro atoms. The number of hydrogen-bond donors (Lipinski definition) is 1. The van der Waals surface area contributed by atoms with Gasteiger partial charge in [-0.25, -0.2) is 8.42 Å². The Kier molecular flexibility index (Phi) is 5.68. The summed E-state index contributed by atoms with van der Waals surface area (Å²) in [6.45, 7) is 6.03. The second-order valence-corrected chi connectivity index (χ2v) is 6.71. The van der Waals surface area contributed by atoms with Crippen molar-refractivity contribution in [3.05, 3.63) is 28.3 Å². The summed E-state index contributed by atoms with van der Waals surface area (Å²) >= 11 is 0. The number of nitrogens with zero attached hydrogens (tertiary/aromatic N) is 2. The molecule has 0 aliphatic rings. The molecule has 0 heterocycles. The summed E-state index contributed by atoms with van der Waals surface area (Å²) in [6.07, 6.45) is 0.654. The van der Waals surface area contributed by atoms with Gasteiger partial charge in [0, 0.05) is 31.8 Å². The van der Waals surface area contributed by atoms with Crippen LogP contribution in [0.3, 0.4) is 0 Å². The smallest absolute Gasteiger partial charge is 0.270 e. The maximum atomic E-state index is 12.7. The molecule has 8 heteroatoms. The van der Waals surface area contributed by atoms with Gasteiger partial charge in [0.05, 0.1) is 10.6 Å². The monoisotopic (exact) mass is 315 g/mol. The van der Waals surface area contributed by atoms with Crippen LogP contribution in [-0.2, 0) is 10.0 Å². The fraction of sp³-hybridized carbons (Fsp3) is 0.538. The molecule has 1 unspecified atom stereocenters. The summed E-state index contributed by atoms with van der Waals surface area (Å²) in [5.41, 5.74) is 0.131. The third-order valence-corrected chi connectivity index (χ3v) is 5.42. The molecule has 0 saturated carbocycles. The van der Waals surface area contributed by atoms with Crippen molar-refractivity contribution in [2.75, 3.05) is 18.9 Å². The SMILES string of the molecule is CCNc1ccc([N+](=O)[O-])cc1S(=O)(=O)N(C)C(C)CC. The lowest BCUT2D eigenvalue weighted by atomic mass is 10.3. The molecule has 1 N–H and O–H groups in total. The molecule has 1 atom stereocenters. The third-order valence-electron chi connectivity index (χ3n) is 3.41. The highest BCUT2D eigenvalue weighted by molar-refractivity contribution is 7.89. The number of hydrogen-bond acceptors (Lipinski definition) is 5. The summed E-state index contributed by atoms with van der Waals surface area (Å²) < 4.78 is 26.6. The second kappa shape index (κ2) is 6.86. The van der Waals surface area contributed by atoms with Crippen LogP contribution in [0, 0.1) is 10.1 Å². The van der Waals surface area contributed by atoms with Crippen LogP contribution in [0.25, 0.3) is 0 Å². The van der Waals surface area contributed by atoms with E-state index in [0.29, 0.717) is 18.7 Å². The summed E-state index contributed by atoms with van der Waals surface area (Å²) in [7, 11) is -2.31. The van der Waals surface area contributed by atoms with Crippen LogP contribution in [0.4, 0.5) is 11.4 Å². The van der Waals surface area contributed by atoms with Gasteiger partial charge in [0.2, 0.25) is 10.0 Å². The lowest BCUT2D eigenvalue weighted by Gasteiger charge is -2.24. The van der Waals surface area contributed by atoms with Gasteiger partial charge in [-0.3, -0.25) is 10.1 Å². The lowest BCUT2D eigenvalue weighted by molar-refractivity contribution is -0.385. The van der Waals surface area contributed by atoms with E-state index in [0.717, 1.165) is 6.07 Å². The largest absolute Gasteiger partial charge is 0.384 e. The van der Waals surface area contributed by atoms with Gasteiger partial charge in [0.1, 0.15) is 4.90 Å². The Morgan fingerprint density at radius 3 is 2.48 bits per heavy atom. The van der Waals surface area contributed by atoms with Crippen LogP contribution in [0.5, 0.6) is 0 Å². The number of rotatable bonds is 7. The van der Waals surface area contributed by atoms with Gasteiger partial charge in [-0.2, -0.15) is 4.31 Å². The van der Waals surface area contributed by atoms with E-state index >= 15 is 0 Å². The zero-order valence-electron chi connectivity index (χ0n) is 12.7. The molecule has 0 radical (unpaired) electrons. The Morgan fingerprint density at radius 2 is 2.00 bits per heavy atom. The van der Waals surface area contributed by atoms with Crippen molar-refractivity contribution in [3.8, 4) is 0 Å². The Hall–Kier alpha value is -1.67. The Bertz CT molecular complexity index is 616. The fourth-order valence-corrected chi connectivity index (χ4v) is 3.44. The molecule has 7 nitrogen and oxygen atoms in total. The van der Waals surface area contributed by atoms with Crippen molar-refractivity contribution in [1.82, 2.24) is 4.31 Å². The third kappa shape index (κ3) is 3.70. The van der Waals surface area contributed by atoms with Crippen molar-refractivity contribution >= 4 is 21.4 Å². The first-order valence-corrected chi connectivity index (χ1v) is 8.20. The number of benzene rings is 1. The molecule has 1 aromatic rings. The van der Waals surface area contributed by atoms with Crippen molar-refractivity contribution < 1.29 is 13.3 Å². The van der Waals surface area contributed by atoms with Crippen LogP contribution < -0.4 is 5.32 Å². The fourth-order valence-electron chi connectivity index (χ4n) is 1.82. The standard InChI is InChI=1S/C13H21N3O4S/c1-5-10(3)15(4)21(19,20)13-9-11(16(17)18)7-8-12(13)14-6-2/h7-10,14H,5-6H2,1-4H3. The molecule has 21 heavy (non-hydrogen) atoms. The van der Waals surface area contributed by atoms with E-state index < -0.39 is 14.9 Å². The van der Waals surface area contributed by atoms with Crippen LogP contribution >= 0.6 is 0 Å². The van der Waals surface area contributed by atoms with E-state index in [4.69, 9.17) is 0 Å². The molecule has 0 amide bonds. The van der Waals surface area contributed by atoms with E-state index in [1.165, 1.54) is 23.5 Å². The maximum Gasteiger partial charge on any atom is 0.270 e. The summed E-state index contributed by atoms with van der Waals surface area (Å²) in [5.74, 6) is 0. The normalized spacial score (nSPS) is 13.2. The number of sulfonamides is 1. The van der Waals surface area contributed by atoms with E-state index in [1.807, 2.05) is 13.8 Å². The van der Waals surface area contributed by atoms with E-state index in [1.54, 1.807) is 6.92 Å². The summed E-state index contributed by atoms with van der Waals surface area (Å²) in [5, 5.41) is 13.8. The summed E-state index contributed by atoms with van der Waals surface area (Å²) in [6, 6.07) is 3.63. The van der Waals surface area contributed by atoms with E-state index in [2.05, 4.69) is 5.32 Å². The predicted octanol–water partition coefficient (Wildman–Crippen LogP) is 2.45. The molecule has 1 aromatic carbocycles. The Morgan fingerprint density at radius 1 is 1.38 bits per heavy atom. The zero-order valence-corrected chi connectivity index (χ0v) is 13.5. The molecular weight excluding hydrogens is 294 g/mol. The number of anilines is 1. The number of nitro groups is 1. The molecule has 0 fully saturated rings. The Balaban J connectivity index is 3.43. The van der Waals surface area contributed by atoms with Crippen molar-refractivity contribution in [2.24, 2.45) is 0 Å². The molecule has 0 saturated heterocycles.